The molecule has 1 aromatic carbocycles. The smallest absolute Gasteiger partial charge is 0.175 e. The Morgan fingerprint density at radius 1 is 1.47 bits per heavy atom. The Bertz CT molecular complexity index is 510. The van der Waals surface area contributed by atoms with Gasteiger partial charge in [-0.3, -0.25) is 0 Å². The quantitative estimate of drug-likeness (QED) is 0.794. The van der Waals surface area contributed by atoms with Gasteiger partial charge in [-0.15, -0.1) is 0 Å². The zero-order valence-electron chi connectivity index (χ0n) is 9.53. The molecule has 4 nitrogen and oxygen atoms in total. The van der Waals surface area contributed by atoms with E-state index in [0.29, 0.717) is 0 Å². The van der Waals surface area contributed by atoms with E-state index in [0.717, 1.165) is 25.8 Å². The molecule has 0 spiro atoms. The molecular formula is C11H15FN2O2S. The highest BCUT2D eigenvalue weighted by Crippen LogP contribution is 2.21. The molecule has 94 valence electrons. The molecule has 1 atom stereocenters. The summed E-state index contributed by atoms with van der Waals surface area (Å²) in [6, 6.07) is 3.96. The molecule has 1 aliphatic rings. The monoisotopic (exact) mass is 258 g/mol. The molecule has 1 unspecified atom stereocenters. The minimum atomic E-state index is -3.30. The van der Waals surface area contributed by atoms with Gasteiger partial charge in [0.05, 0.1) is 10.6 Å². The number of nitrogens with one attached hydrogen (secondary N) is 2. The summed E-state index contributed by atoms with van der Waals surface area (Å²) in [5.74, 6) is -0.427. The summed E-state index contributed by atoms with van der Waals surface area (Å²) in [6.07, 6.45) is 2.02. The molecule has 6 heteroatoms. The van der Waals surface area contributed by atoms with E-state index < -0.39 is 15.7 Å². The molecule has 0 saturated carbocycles. The topological polar surface area (TPSA) is 58.2 Å². The molecule has 1 heterocycles. The molecule has 0 aliphatic carbocycles. The first-order valence-corrected chi connectivity index (χ1v) is 7.33. The molecule has 0 bridgehead atoms. The predicted octanol–water partition coefficient (Wildman–Crippen LogP) is 1.00. The Morgan fingerprint density at radius 3 is 2.82 bits per heavy atom. The maximum atomic E-state index is 13.5. The fourth-order valence-corrected chi connectivity index (χ4v) is 2.49. The van der Waals surface area contributed by atoms with Crippen molar-refractivity contribution >= 4 is 15.5 Å². The van der Waals surface area contributed by atoms with E-state index in [1.165, 1.54) is 18.2 Å². The lowest BCUT2D eigenvalue weighted by Gasteiger charge is -2.14. The zero-order chi connectivity index (χ0) is 12.5. The lowest BCUT2D eigenvalue weighted by atomic mass is 10.2. The molecule has 1 saturated heterocycles. The molecule has 2 N–H and O–H groups in total. The normalized spacial score (nSPS) is 20.5. The molecule has 2 rings (SSSR count). The van der Waals surface area contributed by atoms with Crippen LogP contribution in [0.25, 0.3) is 0 Å². The molecule has 0 aromatic heterocycles. The summed E-state index contributed by atoms with van der Waals surface area (Å²) in [4.78, 5) is 0.132. The predicted molar refractivity (Wildman–Crippen MR) is 64.4 cm³/mol. The van der Waals surface area contributed by atoms with E-state index in [2.05, 4.69) is 10.6 Å². The van der Waals surface area contributed by atoms with Crippen LogP contribution in [-0.2, 0) is 9.84 Å². The van der Waals surface area contributed by atoms with E-state index in [1.807, 2.05) is 0 Å². The molecule has 1 aromatic rings. The van der Waals surface area contributed by atoms with Crippen molar-refractivity contribution in [3.8, 4) is 0 Å². The first kappa shape index (κ1) is 12.3. The van der Waals surface area contributed by atoms with Gasteiger partial charge >= 0.3 is 0 Å². The van der Waals surface area contributed by atoms with Gasteiger partial charge in [-0.05, 0) is 31.2 Å². The largest absolute Gasteiger partial charge is 0.379 e. The van der Waals surface area contributed by atoms with Gasteiger partial charge in [0.15, 0.2) is 9.84 Å². The summed E-state index contributed by atoms with van der Waals surface area (Å²) in [7, 11) is -3.30. The highest BCUT2D eigenvalue weighted by atomic mass is 32.2. The average molecular weight is 258 g/mol. The van der Waals surface area contributed by atoms with Crippen LogP contribution in [0.2, 0.25) is 0 Å². The standard InChI is InChI=1S/C11H15FN2O2S/c1-17(15,16)9-2-3-10(12)11(6-9)14-8-4-5-13-7-8/h2-3,6,8,13-14H,4-5,7H2,1H3. The third kappa shape index (κ3) is 2.95. The van der Waals surface area contributed by atoms with Gasteiger partial charge in [0.2, 0.25) is 0 Å². The number of hydrogen-bond donors (Lipinski definition) is 2. The van der Waals surface area contributed by atoms with E-state index in [1.54, 1.807) is 0 Å². The third-order valence-electron chi connectivity index (χ3n) is 2.79. The minimum absolute atomic E-state index is 0.132. The molecule has 1 fully saturated rings. The molecule has 1 aliphatic heterocycles. The zero-order valence-corrected chi connectivity index (χ0v) is 10.3. The number of hydrogen-bond acceptors (Lipinski definition) is 4. The van der Waals surface area contributed by atoms with Gasteiger partial charge in [-0.25, -0.2) is 12.8 Å². The minimum Gasteiger partial charge on any atom is -0.379 e. The van der Waals surface area contributed by atoms with Crippen LogP contribution in [0.5, 0.6) is 0 Å². The van der Waals surface area contributed by atoms with Crippen molar-refractivity contribution < 1.29 is 12.8 Å². The lowest BCUT2D eigenvalue weighted by molar-refractivity contribution is 0.600. The fourth-order valence-electron chi connectivity index (χ4n) is 1.84. The third-order valence-corrected chi connectivity index (χ3v) is 3.90. The first-order chi connectivity index (χ1) is 7.97. The van der Waals surface area contributed by atoms with Crippen LogP contribution in [0.3, 0.4) is 0 Å². The number of anilines is 1. The van der Waals surface area contributed by atoms with Crippen LogP contribution in [0.15, 0.2) is 23.1 Å². The van der Waals surface area contributed by atoms with Gasteiger partial charge in [0, 0.05) is 18.8 Å². The van der Waals surface area contributed by atoms with Crippen molar-refractivity contribution in [2.24, 2.45) is 0 Å². The van der Waals surface area contributed by atoms with Crippen molar-refractivity contribution in [2.45, 2.75) is 17.4 Å². The van der Waals surface area contributed by atoms with Crippen LogP contribution in [-0.4, -0.2) is 33.8 Å². The Balaban J connectivity index is 2.26. The van der Waals surface area contributed by atoms with Crippen molar-refractivity contribution in [3.63, 3.8) is 0 Å². The Kier molecular flexibility index (Phi) is 3.35. The summed E-state index contributed by atoms with van der Waals surface area (Å²) in [6.45, 7) is 1.66. The molecule has 17 heavy (non-hydrogen) atoms. The van der Waals surface area contributed by atoms with Gasteiger partial charge in [0.25, 0.3) is 0 Å². The number of sulfone groups is 1. The summed E-state index contributed by atoms with van der Waals surface area (Å²) in [5, 5.41) is 6.17. The second-order valence-corrected chi connectivity index (χ2v) is 6.26. The maximum absolute atomic E-state index is 13.5. The van der Waals surface area contributed by atoms with Crippen molar-refractivity contribution in [1.82, 2.24) is 5.32 Å². The van der Waals surface area contributed by atoms with Gasteiger partial charge in [0.1, 0.15) is 5.82 Å². The summed E-state index contributed by atoms with van der Waals surface area (Å²) < 4.78 is 36.3. The Morgan fingerprint density at radius 2 is 2.24 bits per heavy atom. The lowest BCUT2D eigenvalue weighted by Crippen LogP contribution is -2.22. The highest BCUT2D eigenvalue weighted by molar-refractivity contribution is 7.90. The molecular weight excluding hydrogens is 243 g/mol. The van der Waals surface area contributed by atoms with Gasteiger partial charge in [-0.1, -0.05) is 0 Å². The SMILES string of the molecule is CS(=O)(=O)c1ccc(F)c(NC2CCNC2)c1. The second kappa shape index (κ2) is 4.62. The molecule has 0 radical (unpaired) electrons. The number of rotatable bonds is 3. The Labute approximate surface area is 100 Å². The summed E-state index contributed by atoms with van der Waals surface area (Å²) in [5.41, 5.74) is 0.252. The number of halogens is 1. The molecule has 0 amide bonds. The van der Waals surface area contributed by atoms with Crippen molar-refractivity contribution in [3.05, 3.63) is 24.0 Å². The maximum Gasteiger partial charge on any atom is 0.175 e. The van der Waals surface area contributed by atoms with E-state index >= 15 is 0 Å². The Hall–Kier alpha value is -1.14. The van der Waals surface area contributed by atoms with Gasteiger partial charge < -0.3 is 10.6 Å². The fraction of sp³-hybridized carbons (Fsp3) is 0.455. The van der Waals surface area contributed by atoms with Crippen LogP contribution in [0.4, 0.5) is 10.1 Å². The first-order valence-electron chi connectivity index (χ1n) is 5.44. The van der Waals surface area contributed by atoms with Crippen LogP contribution in [0.1, 0.15) is 6.42 Å². The van der Waals surface area contributed by atoms with E-state index in [-0.39, 0.29) is 16.6 Å². The number of benzene rings is 1. The second-order valence-electron chi connectivity index (χ2n) is 4.25. The van der Waals surface area contributed by atoms with Crippen LogP contribution >= 0.6 is 0 Å². The highest BCUT2D eigenvalue weighted by Gasteiger charge is 2.17. The van der Waals surface area contributed by atoms with Crippen LogP contribution < -0.4 is 10.6 Å². The van der Waals surface area contributed by atoms with E-state index in [4.69, 9.17) is 0 Å². The van der Waals surface area contributed by atoms with Crippen LogP contribution in [0, 0.1) is 5.82 Å². The van der Waals surface area contributed by atoms with Gasteiger partial charge in [-0.2, -0.15) is 0 Å². The van der Waals surface area contributed by atoms with Crippen molar-refractivity contribution in [2.75, 3.05) is 24.7 Å². The van der Waals surface area contributed by atoms with E-state index in [9.17, 15) is 12.8 Å². The summed E-state index contributed by atoms with van der Waals surface area (Å²) >= 11 is 0. The average Bonchev–Trinajstić information content (AvgIpc) is 2.72. The van der Waals surface area contributed by atoms with Crippen molar-refractivity contribution in [1.29, 1.82) is 0 Å².